The van der Waals surface area contributed by atoms with Crippen LogP contribution in [0.25, 0.3) is 0 Å². The maximum atomic E-state index is 12.2. The van der Waals surface area contributed by atoms with E-state index in [2.05, 4.69) is 5.32 Å². The summed E-state index contributed by atoms with van der Waals surface area (Å²) in [4.78, 5) is 35.4. The number of ketones is 1. The number of hydrogen-bond acceptors (Lipinski definition) is 5. The van der Waals surface area contributed by atoms with Gasteiger partial charge >= 0.3 is 5.97 Å². The average molecular weight is 383 g/mol. The molecule has 0 aromatic heterocycles. The molecule has 1 amide bonds. The fourth-order valence-corrected chi connectivity index (χ4v) is 2.66. The Morgan fingerprint density at radius 1 is 1.00 bits per heavy atom. The molecule has 0 saturated carbocycles. The van der Waals surface area contributed by atoms with E-state index < -0.39 is 12.0 Å². The molecule has 28 heavy (non-hydrogen) atoms. The minimum Gasteiger partial charge on any atom is -0.494 e. The van der Waals surface area contributed by atoms with Crippen LogP contribution in [0.15, 0.2) is 54.6 Å². The van der Waals surface area contributed by atoms with Crippen LogP contribution >= 0.6 is 0 Å². The highest BCUT2D eigenvalue weighted by atomic mass is 16.5. The number of ether oxygens (including phenoxy) is 2. The van der Waals surface area contributed by atoms with Crippen LogP contribution in [0.4, 0.5) is 0 Å². The number of esters is 1. The maximum absolute atomic E-state index is 12.2. The Balaban J connectivity index is 1.77. The molecule has 6 heteroatoms. The highest BCUT2D eigenvalue weighted by Crippen LogP contribution is 2.13. The van der Waals surface area contributed by atoms with Crippen molar-refractivity contribution in [1.29, 1.82) is 0 Å². The zero-order valence-corrected chi connectivity index (χ0v) is 16.1. The van der Waals surface area contributed by atoms with Crippen LogP contribution in [0.1, 0.15) is 35.7 Å². The number of Topliss-reactive ketones (excluding diaryl/α,β-unsaturated/α-hetero) is 1. The van der Waals surface area contributed by atoms with Gasteiger partial charge in [0, 0.05) is 18.4 Å². The van der Waals surface area contributed by atoms with E-state index in [0.29, 0.717) is 30.8 Å². The van der Waals surface area contributed by atoms with Gasteiger partial charge in [-0.15, -0.1) is 0 Å². The lowest BCUT2D eigenvalue weighted by atomic mass is 10.1. The summed E-state index contributed by atoms with van der Waals surface area (Å²) in [7, 11) is 1.30. The van der Waals surface area contributed by atoms with Crippen molar-refractivity contribution in [3.63, 3.8) is 0 Å². The van der Waals surface area contributed by atoms with Gasteiger partial charge in [-0.3, -0.25) is 9.59 Å². The quantitative estimate of drug-likeness (QED) is 0.388. The van der Waals surface area contributed by atoms with Gasteiger partial charge in [0.15, 0.2) is 5.78 Å². The van der Waals surface area contributed by atoms with E-state index in [1.165, 1.54) is 14.0 Å². The summed E-state index contributed by atoms with van der Waals surface area (Å²) in [6, 6.07) is 15.6. The van der Waals surface area contributed by atoms with E-state index >= 15 is 0 Å². The molecule has 0 fully saturated rings. The summed E-state index contributed by atoms with van der Waals surface area (Å²) < 4.78 is 10.4. The molecule has 0 heterocycles. The number of methoxy groups -OCH3 is 1. The summed E-state index contributed by atoms with van der Waals surface area (Å²) in [6.45, 7) is 1.86. The van der Waals surface area contributed by atoms with Crippen molar-refractivity contribution in [3.8, 4) is 5.75 Å². The zero-order chi connectivity index (χ0) is 20.4. The van der Waals surface area contributed by atoms with Gasteiger partial charge in [0.25, 0.3) is 0 Å². The Morgan fingerprint density at radius 2 is 1.68 bits per heavy atom. The zero-order valence-electron chi connectivity index (χ0n) is 16.1. The third-order valence-electron chi connectivity index (χ3n) is 4.18. The Kier molecular flexibility index (Phi) is 8.21. The van der Waals surface area contributed by atoms with Gasteiger partial charge in [0.1, 0.15) is 11.8 Å². The van der Waals surface area contributed by atoms with E-state index in [4.69, 9.17) is 9.47 Å². The smallest absolute Gasteiger partial charge is 0.328 e. The van der Waals surface area contributed by atoms with Gasteiger partial charge in [-0.25, -0.2) is 4.79 Å². The van der Waals surface area contributed by atoms with Gasteiger partial charge in [0.2, 0.25) is 5.91 Å². The molecule has 148 valence electrons. The SMILES string of the molecule is COC(=O)[C@@H](Cc1ccccc1)NC(=O)CCCOc1ccc(C(C)=O)cc1. The highest BCUT2D eigenvalue weighted by molar-refractivity contribution is 5.94. The fraction of sp³-hybridized carbons (Fsp3) is 0.318. The average Bonchev–Trinajstić information content (AvgIpc) is 2.71. The molecule has 2 aromatic carbocycles. The van der Waals surface area contributed by atoms with Crippen molar-refractivity contribution >= 4 is 17.7 Å². The van der Waals surface area contributed by atoms with Crippen molar-refractivity contribution in [2.75, 3.05) is 13.7 Å². The second kappa shape index (κ2) is 10.9. The molecule has 0 saturated heterocycles. The highest BCUT2D eigenvalue weighted by Gasteiger charge is 2.21. The third-order valence-corrected chi connectivity index (χ3v) is 4.18. The van der Waals surface area contributed by atoms with E-state index in [1.807, 2.05) is 30.3 Å². The van der Waals surface area contributed by atoms with Gasteiger partial charge in [-0.2, -0.15) is 0 Å². The number of carbonyl (C=O) groups is 3. The molecule has 1 N–H and O–H groups in total. The van der Waals surface area contributed by atoms with Gasteiger partial charge < -0.3 is 14.8 Å². The molecule has 0 unspecified atom stereocenters. The molecule has 2 rings (SSSR count). The molecule has 0 bridgehead atoms. The Hall–Kier alpha value is -3.15. The minimum atomic E-state index is -0.722. The molecule has 0 radical (unpaired) electrons. The second-order valence-electron chi connectivity index (χ2n) is 6.37. The van der Waals surface area contributed by atoms with E-state index in [0.717, 1.165) is 5.56 Å². The lowest BCUT2D eigenvalue weighted by Crippen LogP contribution is -2.43. The number of nitrogens with one attached hydrogen (secondary N) is 1. The number of amides is 1. The maximum Gasteiger partial charge on any atom is 0.328 e. The predicted molar refractivity (Wildman–Crippen MR) is 105 cm³/mol. The van der Waals surface area contributed by atoms with Crippen LogP contribution in [-0.4, -0.2) is 37.4 Å². The number of hydrogen-bond donors (Lipinski definition) is 1. The van der Waals surface area contributed by atoms with Crippen LogP contribution in [0.5, 0.6) is 5.75 Å². The van der Waals surface area contributed by atoms with Crippen molar-refractivity contribution in [2.45, 2.75) is 32.2 Å². The third kappa shape index (κ3) is 6.87. The van der Waals surface area contributed by atoms with Crippen molar-refractivity contribution in [1.82, 2.24) is 5.32 Å². The summed E-state index contributed by atoms with van der Waals surface area (Å²) in [5.74, 6) is -0.0679. The lowest BCUT2D eigenvalue weighted by Gasteiger charge is -2.16. The van der Waals surface area contributed by atoms with E-state index in [-0.39, 0.29) is 18.1 Å². The molecular weight excluding hydrogens is 358 g/mol. The molecule has 0 aliphatic heterocycles. The molecule has 0 aliphatic carbocycles. The molecule has 0 spiro atoms. The van der Waals surface area contributed by atoms with Gasteiger partial charge in [-0.1, -0.05) is 30.3 Å². The monoisotopic (exact) mass is 383 g/mol. The number of benzene rings is 2. The van der Waals surface area contributed by atoms with Gasteiger partial charge in [-0.05, 0) is 43.2 Å². The summed E-state index contributed by atoms with van der Waals surface area (Å²) in [5, 5.41) is 2.73. The Bertz CT molecular complexity index is 786. The van der Waals surface area contributed by atoms with Crippen LogP contribution in [0.3, 0.4) is 0 Å². The first-order valence-corrected chi connectivity index (χ1v) is 9.14. The van der Waals surface area contributed by atoms with E-state index in [9.17, 15) is 14.4 Å². The molecule has 1 atom stereocenters. The van der Waals surface area contributed by atoms with Crippen molar-refractivity contribution < 1.29 is 23.9 Å². The molecule has 6 nitrogen and oxygen atoms in total. The van der Waals surface area contributed by atoms with Crippen molar-refractivity contribution in [3.05, 3.63) is 65.7 Å². The normalized spacial score (nSPS) is 11.4. The summed E-state index contributed by atoms with van der Waals surface area (Å²) in [6.07, 6.45) is 1.10. The first-order chi connectivity index (χ1) is 13.5. The molecular formula is C22H25NO5. The lowest BCUT2D eigenvalue weighted by molar-refractivity contribution is -0.145. The number of rotatable bonds is 10. The summed E-state index contributed by atoms with van der Waals surface area (Å²) >= 11 is 0. The molecule has 0 aliphatic rings. The molecule has 2 aromatic rings. The first-order valence-electron chi connectivity index (χ1n) is 9.14. The Morgan fingerprint density at radius 3 is 2.29 bits per heavy atom. The largest absolute Gasteiger partial charge is 0.494 e. The predicted octanol–water partition coefficient (Wildman–Crippen LogP) is 2.95. The van der Waals surface area contributed by atoms with Crippen LogP contribution in [0.2, 0.25) is 0 Å². The minimum absolute atomic E-state index is 0.00103. The van der Waals surface area contributed by atoms with Crippen LogP contribution in [0, 0.1) is 0 Å². The van der Waals surface area contributed by atoms with Crippen LogP contribution in [-0.2, 0) is 20.7 Å². The van der Waals surface area contributed by atoms with Crippen LogP contribution < -0.4 is 10.1 Å². The van der Waals surface area contributed by atoms with E-state index in [1.54, 1.807) is 24.3 Å². The Labute approximate surface area is 164 Å². The van der Waals surface area contributed by atoms with Crippen molar-refractivity contribution in [2.24, 2.45) is 0 Å². The fourth-order valence-electron chi connectivity index (χ4n) is 2.66. The summed E-state index contributed by atoms with van der Waals surface area (Å²) in [5.41, 5.74) is 1.56. The standard InChI is InChI=1S/C22H25NO5/c1-16(24)18-10-12-19(13-11-18)28-14-6-9-21(25)23-20(22(26)27-2)15-17-7-4-3-5-8-17/h3-5,7-8,10-13,20H,6,9,14-15H2,1-2H3,(H,23,25)/t20-/m1/s1. The topological polar surface area (TPSA) is 81.7 Å². The number of carbonyl (C=O) groups excluding carboxylic acids is 3. The second-order valence-corrected chi connectivity index (χ2v) is 6.37. The van der Waals surface area contributed by atoms with Gasteiger partial charge in [0.05, 0.1) is 13.7 Å². The first kappa shape index (κ1) is 21.2.